The molecule has 2 rings (SSSR count). The molecule has 0 spiro atoms. The summed E-state index contributed by atoms with van der Waals surface area (Å²) in [5.41, 5.74) is 6.54. The lowest BCUT2D eigenvalue weighted by Crippen LogP contribution is -2.38. The van der Waals surface area contributed by atoms with E-state index in [2.05, 4.69) is 24.2 Å². The van der Waals surface area contributed by atoms with Crippen LogP contribution in [0.5, 0.6) is 0 Å². The van der Waals surface area contributed by atoms with Gasteiger partial charge in [-0.2, -0.15) is 0 Å². The molecule has 0 aliphatic heterocycles. The largest absolute Gasteiger partial charge is 0.326 e. The molecule has 0 saturated carbocycles. The number of aromatic nitrogens is 3. The molecule has 96 valence electrons. The molecule has 5 heteroatoms. The third-order valence-corrected chi connectivity index (χ3v) is 3.39. The maximum absolute atomic E-state index is 12.2. The Hall–Kier alpha value is -1.75. The Morgan fingerprint density at radius 2 is 2.11 bits per heavy atom. The van der Waals surface area contributed by atoms with Crippen LogP contribution in [0.15, 0.2) is 29.1 Å². The van der Waals surface area contributed by atoms with Crippen LogP contribution in [0, 0.1) is 5.92 Å². The van der Waals surface area contributed by atoms with Crippen molar-refractivity contribution in [1.82, 2.24) is 15.0 Å². The zero-order valence-corrected chi connectivity index (χ0v) is 10.7. The van der Waals surface area contributed by atoms with Crippen LogP contribution in [0.3, 0.4) is 0 Å². The lowest BCUT2D eigenvalue weighted by Gasteiger charge is -2.18. The van der Waals surface area contributed by atoms with Gasteiger partial charge in [-0.1, -0.05) is 37.6 Å². The van der Waals surface area contributed by atoms with Crippen molar-refractivity contribution in [3.8, 4) is 0 Å². The number of nitrogens with two attached hydrogens (primary N) is 1. The molecule has 0 saturated heterocycles. The molecule has 2 unspecified atom stereocenters. The lowest BCUT2D eigenvalue weighted by molar-refractivity contribution is 0.368. The fourth-order valence-corrected chi connectivity index (χ4v) is 1.83. The van der Waals surface area contributed by atoms with E-state index in [1.54, 1.807) is 12.1 Å². The number of fused-ring (bicyclic) bond motifs is 1. The number of hydrogen-bond donors (Lipinski definition) is 1. The van der Waals surface area contributed by atoms with Crippen molar-refractivity contribution in [1.29, 1.82) is 0 Å². The van der Waals surface area contributed by atoms with Gasteiger partial charge in [-0.05, 0) is 18.1 Å². The second-order valence-electron chi connectivity index (χ2n) is 4.64. The highest BCUT2D eigenvalue weighted by atomic mass is 16.1. The minimum atomic E-state index is -0.126. The predicted octanol–water partition coefficient (Wildman–Crippen LogP) is 1.16. The molecule has 1 heterocycles. The first kappa shape index (κ1) is 12.7. The highest BCUT2D eigenvalue weighted by Gasteiger charge is 2.14. The summed E-state index contributed by atoms with van der Waals surface area (Å²) in [7, 11) is 0. The SMILES string of the molecule is CCC(C)C(N)Cn1nnc2ccccc2c1=O. The van der Waals surface area contributed by atoms with E-state index in [0.717, 1.165) is 6.42 Å². The molecule has 2 aromatic rings. The molecule has 5 nitrogen and oxygen atoms in total. The monoisotopic (exact) mass is 246 g/mol. The van der Waals surface area contributed by atoms with E-state index in [0.29, 0.717) is 23.4 Å². The third kappa shape index (κ3) is 2.41. The Balaban J connectivity index is 2.35. The van der Waals surface area contributed by atoms with E-state index in [1.807, 2.05) is 12.1 Å². The highest BCUT2D eigenvalue weighted by molar-refractivity contribution is 5.76. The van der Waals surface area contributed by atoms with E-state index >= 15 is 0 Å². The van der Waals surface area contributed by atoms with Gasteiger partial charge in [0.2, 0.25) is 0 Å². The van der Waals surface area contributed by atoms with Gasteiger partial charge < -0.3 is 5.73 Å². The molecular weight excluding hydrogens is 228 g/mol. The normalized spacial score (nSPS) is 14.6. The molecule has 1 aromatic heterocycles. The smallest absolute Gasteiger partial charge is 0.277 e. The van der Waals surface area contributed by atoms with Gasteiger partial charge in [0.1, 0.15) is 5.52 Å². The molecule has 0 radical (unpaired) electrons. The fourth-order valence-electron chi connectivity index (χ4n) is 1.83. The standard InChI is InChI=1S/C13H18N4O/c1-3-9(2)11(14)8-17-13(18)10-6-4-5-7-12(10)15-16-17/h4-7,9,11H,3,8,14H2,1-2H3. The Morgan fingerprint density at radius 1 is 1.39 bits per heavy atom. The number of rotatable bonds is 4. The van der Waals surface area contributed by atoms with E-state index in [1.165, 1.54) is 4.68 Å². The van der Waals surface area contributed by atoms with Crippen LogP contribution < -0.4 is 11.3 Å². The molecule has 1 aromatic carbocycles. The first-order valence-electron chi connectivity index (χ1n) is 6.21. The average Bonchev–Trinajstić information content (AvgIpc) is 2.41. The van der Waals surface area contributed by atoms with E-state index in [-0.39, 0.29) is 11.6 Å². The van der Waals surface area contributed by atoms with Gasteiger partial charge in [0.25, 0.3) is 5.56 Å². The third-order valence-electron chi connectivity index (χ3n) is 3.39. The summed E-state index contributed by atoms with van der Waals surface area (Å²) in [6.07, 6.45) is 0.983. The van der Waals surface area contributed by atoms with Crippen molar-refractivity contribution < 1.29 is 0 Å². The van der Waals surface area contributed by atoms with Crippen molar-refractivity contribution in [3.05, 3.63) is 34.6 Å². The Kier molecular flexibility index (Phi) is 3.72. The summed E-state index contributed by atoms with van der Waals surface area (Å²) < 4.78 is 1.36. The van der Waals surface area contributed by atoms with Crippen molar-refractivity contribution in [2.45, 2.75) is 32.9 Å². The maximum Gasteiger partial charge on any atom is 0.277 e. The average molecular weight is 246 g/mol. The van der Waals surface area contributed by atoms with Crippen molar-refractivity contribution >= 4 is 10.9 Å². The minimum Gasteiger partial charge on any atom is -0.326 e. The summed E-state index contributed by atoms with van der Waals surface area (Å²) in [5, 5.41) is 8.56. The summed E-state index contributed by atoms with van der Waals surface area (Å²) in [4.78, 5) is 12.2. The molecule has 2 N–H and O–H groups in total. The minimum absolute atomic E-state index is 0.0804. The summed E-state index contributed by atoms with van der Waals surface area (Å²) >= 11 is 0. The van der Waals surface area contributed by atoms with Crippen LogP contribution in [0.25, 0.3) is 10.9 Å². The van der Waals surface area contributed by atoms with E-state index in [4.69, 9.17) is 5.73 Å². The van der Waals surface area contributed by atoms with Crippen LogP contribution in [0.1, 0.15) is 20.3 Å². The number of nitrogens with zero attached hydrogens (tertiary/aromatic N) is 3. The topological polar surface area (TPSA) is 73.8 Å². The lowest BCUT2D eigenvalue weighted by atomic mass is 10.0. The first-order chi connectivity index (χ1) is 8.63. The van der Waals surface area contributed by atoms with Crippen molar-refractivity contribution in [3.63, 3.8) is 0 Å². The summed E-state index contributed by atoms with van der Waals surface area (Å²) in [5.74, 6) is 0.352. The van der Waals surface area contributed by atoms with Crippen LogP contribution in [0.2, 0.25) is 0 Å². The zero-order valence-electron chi connectivity index (χ0n) is 10.7. The molecular formula is C13H18N4O. The first-order valence-corrected chi connectivity index (χ1v) is 6.21. The maximum atomic E-state index is 12.2. The predicted molar refractivity (Wildman–Crippen MR) is 71.2 cm³/mol. The Morgan fingerprint density at radius 3 is 2.83 bits per heavy atom. The van der Waals surface area contributed by atoms with Crippen LogP contribution >= 0.6 is 0 Å². The zero-order chi connectivity index (χ0) is 13.1. The number of benzene rings is 1. The van der Waals surface area contributed by atoms with Gasteiger partial charge in [-0.15, -0.1) is 5.10 Å². The van der Waals surface area contributed by atoms with E-state index < -0.39 is 0 Å². The molecule has 0 bridgehead atoms. The summed E-state index contributed by atoms with van der Waals surface area (Å²) in [6, 6.07) is 7.12. The van der Waals surface area contributed by atoms with Crippen LogP contribution in [0.4, 0.5) is 0 Å². The molecule has 18 heavy (non-hydrogen) atoms. The van der Waals surface area contributed by atoms with Gasteiger partial charge in [-0.3, -0.25) is 4.79 Å². The van der Waals surface area contributed by atoms with Gasteiger partial charge in [0.15, 0.2) is 0 Å². The second-order valence-corrected chi connectivity index (χ2v) is 4.64. The quantitative estimate of drug-likeness (QED) is 0.878. The van der Waals surface area contributed by atoms with Gasteiger partial charge >= 0.3 is 0 Å². The van der Waals surface area contributed by atoms with Gasteiger partial charge in [0.05, 0.1) is 11.9 Å². The Bertz CT molecular complexity index is 593. The number of hydrogen-bond acceptors (Lipinski definition) is 4. The highest BCUT2D eigenvalue weighted by Crippen LogP contribution is 2.07. The molecule has 2 atom stereocenters. The van der Waals surface area contributed by atoms with Crippen molar-refractivity contribution in [2.24, 2.45) is 11.7 Å². The summed E-state index contributed by atoms with van der Waals surface area (Å²) in [6.45, 7) is 4.56. The molecule has 0 amide bonds. The van der Waals surface area contributed by atoms with Crippen molar-refractivity contribution in [2.75, 3.05) is 0 Å². The van der Waals surface area contributed by atoms with Crippen LogP contribution in [-0.2, 0) is 6.54 Å². The van der Waals surface area contributed by atoms with Gasteiger partial charge in [-0.25, -0.2) is 4.68 Å². The Labute approximate surface area is 106 Å². The molecule has 0 aliphatic rings. The van der Waals surface area contributed by atoms with Gasteiger partial charge in [0, 0.05) is 6.04 Å². The van der Waals surface area contributed by atoms with E-state index in [9.17, 15) is 4.79 Å². The fraction of sp³-hybridized carbons (Fsp3) is 0.462. The molecule has 0 fully saturated rings. The van der Waals surface area contributed by atoms with Crippen LogP contribution in [-0.4, -0.2) is 21.0 Å². The molecule has 0 aliphatic carbocycles. The second kappa shape index (κ2) is 5.27.